The first kappa shape index (κ1) is 29.5. The van der Waals surface area contributed by atoms with Crippen molar-refractivity contribution in [3.8, 4) is 0 Å². The molecular weight excluding hydrogens is 254 g/mol. The predicted octanol–water partition coefficient (Wildman–Crippen LogP) is -8.31. The average molecular weight is 264 g/mol. The van der Waals surface area contributed by atoms with E-state index in [1.54, 1.807) is 0 Å². The van der Waals surface area contributed by atoms with Gasteiger partial charge in [0.25, 0.3) is 0 Å². The second-order valence-electron chi connectivity index (χ2n) is 0.883. The summed E-state index contributed by atoms with van der Waals surface area (Å²) in [4.78, 5) is 37.9. The second kappa shape index (κ2) is 16.6. The molecule has 6 N–H and O–H groups in total. The van der Waals surface area contributed by atoms with E-state index >= 15 is 0 Å². The van der Waals surface area contributed by atoms with Gasteiger partial charge < -0.3 is 35.1 Å². The normalized spacial score (nSPS) is 7.00. The van der Waals surface area contributed by atoms with E-state index in [1.165, 1.54) is 0 Å². The molecule has 11 heteroatoms. The molecule has 0 rings (SSSR count). The summed E-state index contributed by atoms with van der Waals surface area (Å²) in [5.74, 6) is 0. The van der Waals surface area contributed by atoms with Crippen molar-refractivity contribution in [1.82, 2.24) is 0 Å². The molecule has 0 radical (unpaired) electrons. The molecule has 0 bridgehead atoms. The van der Waals surface area contributed by atoms with E-state index in [-0.39, 0.29) is 124 Å². The standard InChI is InChI=1S/CH2O3.Ca.K.Na.H4O4Si.4H/c2-1(3)4;;;;1-5(2,3)4;;;;/h(H2,2,3,4);;;;1-4H;;;;/q;+2;2*+1;;4*-1. The van der Waals surface area contributed by atoms with Gasteiger partial charge in [-0.1, -0.05) is 0 Å². The summed E-state index contributed by atoms with van der Waals surface area (Å²) in [7, 11) is -4.61. The molecule has 64 valence electrons. The van der Waals surface area contributed by atoms with Gasteiger partial charge in [-0.15, -0.1) is 0 Å². The fraction of sp³-hybridized carbons (Fsp3) is 0. The topological polar surface area (TPSA) is 138 Å². The van der Waals surface area contributed by atoms with Gasteiger partial charge in [-0.3, -0.25) is 0 Å². The van der Waals surface area contributed by atoms with Crippen LogP contribution >= 0.6 is 0 Å². The van der Waals surface area contributed by atoms with E-state index in [9.17, 15) is 0 Å². The molecule has 0 atom stereocenters. The quantitative estimate of drug-likeness (QED) is 0.239. The summed E-state index contributed by atoms with van der Waals surface area (Å²) in [6.07, 6.45) is -1.83. The van der Waals surface area contributed by atoms with Crippen molar-refractivity contribution in [2.45, 2.75) is 0 Å². The summed E-state index contributed by atoms with van der Waals surface area (Å²) in [6, 6.07) is 0. The van der Waals surface area contributed by atoms with Crippen LogP contribution in [0, 0.1) is 0 Å². The van der Waals surface area contributed by atoms with E-state index in [0.29, 0.717) is 0 Å². The van der Waals surface area contributed by atoms with Crippen LogP contribution in [0.3, 0.4) is 0 Å². The van der Waals surface area contributed by atoms with E-state index in [4.69, 9.17) is 34.2 Å². The van der Waals surface area contributed by atoms with Gasteiger partial charge in [-0.2, -0.15) is 0 Å². The number of hydrogen-bond donors (Lipinski definition) is 6. The summed E-state index contributed by atoms with van der Waals surface area (Å²) in [5, 5.41) is 13.9. The Morgan fingerprint density at radius 1 is 1.08 bits per heavy atom. The van der Waals surface area contributed by atoms with Crippen LogP contribution in [0.2, 0.25) is 0 Å². The zero-order valence-corrected chi connectivity index (χ0v) is 15.1. The van der Waals surface area contributed by atoms with Crippen LogP contribution in [-0.4, -0.2) is 82.3 Å². The zero-order valence-electron chi connectivity index (χ0n) is 10.8. The van der Waals surface area contributed by atoms with Gasteiger partial charge in [0.05, 0.1) is 0 Å². The maximum atomic E-state index is 8.56. The Bertz CT molecular complexity index is 98.9. The second-order valence-corrected chi connectivity index (χ2v) is 2.08. The third-order valence-electron chi connectivity index (χ3n) is 0. The van der Waals surface area contributed by atoms with Crippen LogP contribution in [-0.2, 0) is 0 Å². The van der Waals surface area contributed by atoms with Crippen molar-refractivity contribution in [2.24, 2.45) is 0 Å². The van der Waals surface area contributed by atoms with Crippen LogP contribution in [0.4, 0.5) is 4.79 Å². The van der Waals surface area contributed by atoms with Gasteiger partial charge in [0.2, 0.25) is 0 Å². The number of carboxylic acid groups (broad SMARTS) is 2. The molecule has 0 aromatic carbocycles. The van der Waals surface area contributed by atoms with Crippen molar-refractivity contribution >= 4 is 52.9 Å². The zero-order chi connectivity index (χ0) is 8.08. The van der Waals surface area contributed by atoms with Crippen LogP contribution in [0.25, 0.3) is 0 Å². The number of rotatable bonds is 0. The van der Waals surface area contributed by atoms with E-state index in [2.05, 4.69) is 0 Å². The van der Waals surface area contributed by atoms with Crippen LogP contribution in [0.5, 0.6) is 0 Å². The molecule has 0 aromatic heterocycles. The first-order valence-electron chi connectivity index (χ1n) is 1.55. The maximum absolute atomic E-state index is 8.56. The Kier molecular flexibility index (Phi) is 40.9. The molecule has 0 saturated heterocycles. The Labute approximate surface area is 170 Å². The van der Waals surface area contributed by atoms with Gasteiger partial charge in [-0.05, 0) is 0 Å². The summed E-state index contributed by atoms with van der Waals surface area (Å²) >= 11 is 0. The molecule has 0 unspecified atom stereocenters. The molecule has 12 heavy (non-hydrogen) atoms. The van der Waals surface area contributed by atoms with Crippen LogP contribution < -0.4 is 80.9 Å². The SMILES string of the molecule is O=C(O)O.O[Si](O)(O)O.[Ca+2].[H-].[H-].[H-].[H-].[K+].[Na+]. The molecule has 0 aliphatic carbocycles. The molecule has 0 aromatic rings. The van der Waals surface area contributed by atoms with E-state index in [1.807, 2.05) is 0 Å². The molecule has 0 aliphatic rings. The van der Waals surface area contributed by atoms with Crippen molar-refractivity contribution in [1.29, 1.82) is 0 Å². The maximum Gasteiger partial charge on any atom is 2.00 e. The van der Waals surface area contributed by atoms with Gasteiger partial charge >= 0.3 is 134 Å². The molecule has 0 fully saturated rings. The van der Waals surface area contributed by atoms with Gasteiger partial charge in [0.1, 0.15) is 0 Å². The van der Waals surface area contributed by atoms with Gasteiger partial charge in [0.15, 0.2) is 0 Å². The minimum atomic E-state index is -4.61. The molecule has 0 heterocycles. The number of hydrogen-bond acceptors (Lipinski definition) is 5. The number of carbonyl (C=O) groups is 1. The van der Waals surface area contributed by atoms with Crippen LogP contribution in [0.1, 0.15) is 5.71 Å². The molecular formula is CH10CaKNaO7Si. The van der Waals surface area contributed by atoms with Crippen molar-refractivity contribution < 1.29 is 121 Å². The molecule has 7 nitrogen and oxygen atoms in total. The largest absolute Gasteiger partial charge is 2.00 e. The monoisotopic (exact) mass is 264 g/mol. The fourth-order valence-electron chi connectivity index (χ4n) is 0. The Morgan fingerprint density at radius 3 is 1.08 bits per heavy atom. The van der Waals surface area contributed by atoms with E-state index < -0.39 is 15.2 Å². The molecule has 0 amide bonds. The predicted molar refractivity (Wildman–Crippen MR) is 35.5 cm³/mol. The first-order chi connectivity index (χ1) is 3.73. The summed E-state index contributed by atoms with van der Waals surface area (Å²) < 4.78 is 0. The van der Waals surface area contributed by atoms with Crippen molar-refractivity contribution in [3.63, 3.8) is 0 Å². The van der Waals surface area contributed by atoms with E-state index in [0.717, 1.165) is 0 Å². The Hall–Kier alpha value is 3.22. The Balaban J connectivity index is -0.00000000614. The summed E-state index contributed by atoms with van der Waals surface area (Å²) in [5.41, 5.74) is 0. The first-order valence-corrected chi connectivity index (χ1v) is 3.33. The molecule has 0 aliphatic heterocycles. The Morgan fingerprint density at radius 2 is 1.08 bits per heavy atom. The van der Waals surface area contributed by atoms with Crippen molar-refractivity contribution in [2.75, 3.05) is 0 Å². The molecule has 0 saturated carbocycles. The van der Waals surface area contributed by atoms with Crippen LogP contribution in [0.15, 0.2) is 0 Å². The minimum absolute atomic E-state index is 0. The van der Waals surface area contributed by atoms with Crippen molar-refractivity contribution in [3.05, 3.63) is 0 Å². The smallest absolute Gasteiger partial charge is 1.00 e. The minimum Gasteiger partial charge on any atom is -1.00 e. The third-order valence-corrected chi connectivity index (χ3v) is 0. The summed E-state index contributed by atoms with van der Waals surface area (Å²) in [6.45, 7) is 0. The molecule has 0 spiro atoms. The third kappa shape index (κ3) is 190. The van der Waals surface area contributed by atoms with Gasteiger partial charge in [-0.25, -0.2) is 4.79 Å². The van der Waals surface area contributed by atoms with Gasteiger partial charge in [0, 0.05) is 0 Å². The average Bonchev–Trinajstić information content (AvgIpc) is 1.19. The fourth-order valence-corrected chi connectivity index (χ4v) is 0.